The molecule has 1 heterocycles. The van der Waals surface area contributed by atoms with Crippen molar-refractivity contribution >= 4 is 5.84 Å². The summed E-state index contributed by atoms with van der Waals surface area (Å²) in [5, 5.41) is 0. The molecule has 0 atom stereocenters. The Balaban J connectivity index is 0. The van der Waals surface area contributed by atoms with Gasteiger partial charge in [0.2, 0.25) is 0 Å². The van der Waals surface area contributed by atoms with Crippen LogP contribution in [-0.4, -0.2) is 37.5 Å². The second-order valence-corrected chi connectivity index (χ2v) is 2.84. The molecule has 0 aromatic carbocycles. The van der Waals surface area contributed by atoms with Crippen molar-refractivity contribution in [3.63, 3.8) is 0 Å². The third-order valence-corrected chi connectivity index (χ3v) is 1.88. The molecule has 0 bridgehead atoms. The van der Waals surface area contributed by atoms with Crippen molar-refractivity contribution in [2.45, 2.75) is 14.4 Å². The molecule has 2 nitrogen and oxygen atoms in total. The minimum Gasteiger partial charge on any atom is -0.282 e. The van der Waals surface area contributed by atoms with Gasteiger partial charge in [0.25, 0.3) is 0 Å². The van der Waals surface area contributed by atoms with E-state index in [1.54, 1.807) is 0 Å². The minimum atomic E-state index is 0. The molecule has 0 unspecified atom stereocenters. The Morgan fingerprint density at radius 3 is 2.00 bits per heavy atom. The van der Waals surface area contributed by atoms with E-state index in [-0.39, 0.29) is 40.1 Å². The molecule has 0 aromatic heterocycles. The standard InChI is InChI=1S/C6H13N2.CH4.Y/c1-6-7-4-5-8(6,2)3;;/h4-5H2,1-3H3;1H4;/q+1;;. The first-order chi connectivity index (χ1) is 3.63. The average Bonchev–Trinajstić information content (AvgIpc) is 1.86. The Labute approximate surface area is 89.2 Å². The number of amidine groups is 1. The van der Waals surface area contributed by atoms with Crippen molar-refractivity contribution in [2.24, 2.45) is 4.99 Å². The second-order valence-electron chi connectivity index (χ2n) is 2.84. The van der Waals surface area contributed by atoms with Crippen molar-refractivity contribution in [3.05, 3.63) is 0 Å². The summed E-state index contributed by atoms with van der Waals surface area (Å²) in [5.74, 6) is 1.25. The molecule has 1 rings (SSSR count). The Kier molecular flexibility index (Phi) is 6.11. The smallest absolute Gasteiger partial charge is 0.194 e. The van der Waals surface area contributed by atoms with Gasteiger partial charge in [-0.1, -0.05) is 7.43 Å². The number of aliphatic imine (C=N–C) groups is 1. The molecule has 0 spiro atoms. The summed E-state index contributed by atoms with van der Waals surface area (Å²) in [5.41, 5.74) is 0. The zero-order chi connectivity index (χ0) is 6.20. The zero-order valence-corrected chi connectivity index (χ0v) is 9.22. The van der Waals surface area contributed by atoms with Gasteiger partial charge in [0.1, 0.15) is 6.54 Å². The molecule has 3 heteroatoms. The van der Waals surface area contributed by atoms with Crippen molar-refractivity contribution < 1.29 is 37.2 Å². The van der Waals surface area contributed by atoms with Gasteiger partial charge in [-0.25, -0.2) is 4.99 Å². The number of nitrogens with zero attached hydrogens (tertiary/aromatic N) is 2. The van der Waals surface area contributed by atoms with Crippen LogP contribution in [0.1, 0.15) is 14.4 Å². The summed E-state index contributed by atoms with van der Waals surface area (Å²) in [4.78, 5) is 4.28. The maximum Gasteiger partial charge on any atom is 0.194 e. The first-order valence-electron chi connectivity index (χ1n) is 2.97. The topological polar surface area (TPSA) is 12.4 Å². The van der Waals surface area contributed by atoms with E-state index < -0.39 is 0 Å². The van der Waals surface area contributed by atoms with Crippen molar-refractivity contribution in [1.82, 2.24) is 0 Å². The van der Waals surface area contributed by atoms with Crippen LogP contribution < -0.4 is 0 Å². The maximum absolute atomic E-state index is 4.28. The molecule has 0 aliphatic carbocycles. The van der Waals surface area contributed by atoms with Crippen molar-refractivity contribution in [2.75, 3.05) is 27.2 Å². The normalized spacial score (nSPS) is 20.5. The van der Waals surface area contributed by atoms with Crippen molar-refractivity contribution in [3.8, 4) is 0 Å². The van der Waals surface area contributed by atoms with E-state index in [1.165, 1.54) is 12.4 Å². The van der Waals surface area contributed by atoms with Crippen LogP contribution in [0.15, 0.2) is 4.99 Å². The first-order valence-corrected chi connectivity index (χ1v) is 2.97. The van der Waals surface area contributed by atoms with Gasteiger partial charge in [-0.3, -0.25) is 4.48 Å². The molecule has 10 heavy (non-hydrogen) atoms. The Morgan fingerprint density at radius 1 is 1.40 bits per heavy atom. The molecule has 1 aliphatic heterocycles. The van der Waals surface area contributed by atoms with Crippen LogP contribution >= 0.6 is 0 Å². The van der Waals surface area contributed by atoms with E-state index in [1.807, 2.05) is 0 Å². The van der Waals surface area contributed by atoms with Gasteiger partial charge in [-0.2, -0.15) is 0 Å². The Morgan fingerprint density at radius 2 is 1.90 bits per heavy atom. The number of rotatable bonds is 0. The van der Waals surface area contributed by atoms with Crippen LogP contribution in [0.3, 0.4) is 0 Å². The van der Waals surface area contributed by atoms with Crippen LogP contribution in [0.25, 0.3) is 0 Å². The van der Waals surface area contributed by atoms with Gasteiger partial charge in [0, 0.05) is 39.6 Å². The third-order valence-electron chi connectivity index (χ3n) is 1.88. The van der Waals surface area contributed by atoms with Crippen LogP contribution in [0, 0.1) is 0 Å². The Hall–Kier alpha value is 0.734. The van der Waals surface area contributed by atoms with E-state index >= 15 is 0 Å². The Bertz CT molecular complexity index is 130. The summed E-state index contributed by atoms with van der Waals surface area (Å²) in [6.45, 7) is 4.28. The number of likely N-dealkylation sites (N-methyl/N-ethyl adjacent to an activating group) is 1. The summed E-state index contributed by atoms with van der Waals surface area (Å²) in [7, 11) is 4.37. The molecule has 0 amide bonds. The monoisotopic (exact) mass is 218 g/mol. The average molecular weight is 218 g/mol. The maximum atomic E-state index is 4.28. The number of quaternary nitrogens is 1. The van der Waals surface area contributed by atoms with Crippen LogP contribution in [0.5, 0.6) is 0 Å². The molecule has 0 aromatic rings. The number of hydrogen-bond donors (Lipinski definition) is 0. The molecule has 0 saturated heterocycles. The SMILES string of the molecule is C.CC1=NCC[N+]1(C)C.[Y]. The fourth-order valence-corrected chi connectivity index (χ4v) is 0.815. The molecular weight excluding hydrogens is 201 g/mol. The fraction of sp³-hybridized carbons (Fsp3) is 0.857. The zero-order valence-electron chi connectivity index (χ0n) is 6.39. The van der Waals surface area contributed by atoms with Gasteiger partial charge in [0.15, 0.2) is 5.84 Å². The van der Waals surface area contributed by atoms with E-state index in [4.69, 9.17) is 0 Å². The first kappa shape index (κ1) is 13.3. The van der Waals surface area contributed by atoms with E-state index in [2.05, 4.69) is 26.0 Å². The summed E-state index contributed by atoms with van der Waals surface area (Å²) >= 11 is 0. The summed E-state index contributed by atoms with van der Waals surface area (Å²) in [6, 6.07) is 0. The van der Waals surface area contributed by atoms with E-state index in [0.717, 1.165) is 11.0 Å². The van der Waals surface area contributed by atoms with Gasteiger partial charge in [-0.15, -0.1) is 0 Å². The summed E-state index contributed by atoms with van der Waals surface area (Å²) in [6.07, 6.45) is 0. The molecule has 0 saturated carbocycles. The van der Waals surface area contributed by atoms with Crippen molar-refractivity contribution in [1.29, 1.82) is 0 Å². The minimum absolute atomic E-state index is 0. The third kappa shape index (κ3) is 2.77. The molecule has 0 N–H and O–H groups in total. The molecular formula is C7H17N2Y+. The van der Waals surface area contributed by atoms with Crippen LogP contribution in [0.2, 0.25) is 0 Å². The van der Waals surface area contributed by atoms with Gasteiger partial charge < -0.3 is 0 Å². The molecule has 57 valence electrons. The molecule has 1 aliphatic rings. The number of hydrogen-bond acceptors (Lipinski definition) is 1. The fourth-order valence-electron chi connectivity index (χ4n) is 0.815. The molecule has 0 fully saturated rings. The van der Waals surface area contributed by atoms with Crippen LogP contribution in [0.4, 0.5) is 0 Å². The van der Waals surface area contributed by atoms with Crippen LogP contribution in [-0.2, 0) is 32.7 Å². The predicted molar refractivity (Wildman–Crippen MR) is 41.7 cm³/mol. The summed E-state index contributed by atoms with van der Waals surface area (Å²) < 4.78 is 0.986. The quantitative estimate of drug-likeness (QED) is 0.540. The van der Waals surface area contributed by atoms with Gasteiger partial charge in [-0.05, 0) is 0 Å². The predicted octanol–water partition coefficient (Wildman–Crippen LogP) is 1.13. The van der Waals surface area contributed by atoms with E-state index in [9.17, 15) is 0 Å². The molecule has 1 radical (unpaired) electrons. The van der Waals surface area contributed by atoms with E-state index in [0.29, 0.717) is 0 Å². The largest absolute Gasteiger partial charge is 0.282 e. The second kappa shape index (κ2) is 4.58. The van der Waals surface area contributed by atoms with Gasteiger partial charge >= 0.3 is 0 Å². The van der Waals surface area contributed by atoms with Gasteiger partial charge in [0.05, 0.1) is 20.6 Å².